The summed E-state index contributed by atoms with van der Waals surface area (Å²) < 4.78 is 13.9. The van der Waals surface area contributed by atoms with Crippen molar-refractivity contribution in [1.29, 1.82) is 0 Å². The number of benzene rings is 1. The van der Waals surface area contributed by atoms with Crippen LogP contribution in [0.1, 0.15) is 19.3 Å². The van der Waals surface area contributed by atoms with Crippen molar-refractivity contribution in [2.45, 2.75) is 25.3 Å². The lowest BCUT2D eigenvalue weighted by molar-refractivity contribution is -0.920. The number of anilines is 1. The van der Waals surface area contributed by atoms with Crippen LogP contribution in [0.3, 0.4) is 0 Å². The fourth-order valence-corrected chi connectivity index (χ4v) is 3.41. The maximum absolute atomic E-state index is 13.9. The van der Waals surface area contributed by atoms with Gasteiger partial charge in [0.25, 0.3) is 5.91 Å². The molecular formula is C16H17FN2O4. The zero-order valence-electron chi connectivity index (χ0n) is 12.5. The van der Waals surface area contributed by atoms with Gasteiger partial charge in [0, 0.05) is 24.7 Å². The Morgan fingerprint density at radius 1 is 1.22 bits per heavy atom. The largest absolute Gasteiger partial charge is 0.550 e. The number of likely N-dealkylation sites (tertiary alicyclic amines) is 1. The van der Waals surface area contributed by atoms with Gasteiger partial charge in [0.2, 0.25) is 5.91 Å². The summed E-state index contributed by atoms with van der Waals surface area (Å²) >= 11 is 0. The summed E-state index contributed by atoms with van der Waals surface area (Å²) in [4.78, 5) is 37.4. The third-order valence-electron chi connectivity index (χ3n) is 4.69. The Bertz CT molecular complexity index is 655. The number of carboxylic acids is 1. The van der Waals surface area contributed by atoms with Crippen molar-refractivity contribution in [3.05, 3.63) is 30.1 Å². The third kappa shape index (κ3) is 2.84. The predicted octanol–water partition coefficient (Wildman–Crippen LogP) is -1.50. The van der Waals surface area contributed by atoms with Gasteiger partial charge < -0.3 is 14.8 Å². The van der Waals surface area contributed by atoms with E-state index in [1.165, 1.54) is 18.2 Å². The van der Waals surface area contributed by atoms with E-state index in [0.29, 0.717) is 25.9 Å². The van der Waals surface area contributed by atoms with Gasteiger partial charge >= 0.3 is 0 Å². The Balaban J connectivity index is 1.75. The van der Waals surface area contributed by atoms with E-state index in [-0.39, 0.29) is 12.1 Å². The number of hydrogen-bond acceptors (Lipinski definition) is 4. The molecule has 122 valence electrons. The summed E-state index contributed by atoms with van der Waals surface area (Å²) in [5.74, 6) is -3.00. The van der Waals surface area contributed by atoms with Crippen molar-refractivity contribution >= 4 is 23.5 Å². The first kappa shape index (κ1) is 15.6. The maximum atomic E-state index is 13.9. The first-order valence-corrected chi connectivity index (χ1v) is 7.66. The third-order valence-corrected chi connectivity index (χ3v) is 4.69. The zero-order valence-corrected chi connectivity index (χ0v) is 12.5. The fraction of sp³-hybridized carbons (Fsp3) is 0.438. The van der Waals surface area contributed by atoms with Gasteiger partial charge in [0.1, 0.15) is 5.82 Å². The van der Waals surface area contributed by atoms with Crippen molar-refractivity contribution in [3.8, 4) is 0 Å². The molecule has 1 N–H and O–H groups in total. The molecule has 0 spiro atoms. The molecule has 7 heteroatoms. The molecule has 2 saturated heterocycles. The van der Waals surface area contributed by atoms with Crippen LogP contribution in [0.25, 0.3) is 0 Å². The number of para-hydroxylation sites is 1. The number of nitrogens with one attached hydrogen (secondary N) is 1. The number of amides is 2. The average Bonchev–Trinajstić information content (AvgIpc) is 2.83. The Morgan fingerprint density at radius 2 is 1.87 bits per heavy atom. The van der Waals surface area contributed by atoms with Gasteiger partial charge in [0.05, 0.1) is 25.2 Å². The molecule has 2 fully saturated rings. The molecule has 0 bridgehead atoms. The molecule has 0 aliphatic carbocycles. The highest BCUT2D eigenvalue weighted by molar-refractivity contribution is 6.21. The smallest absolute Gasteiger partial charge is 0.292 e. The second-order valence-corrected chi connectivity index (χ2v) is 6.03. The highest BCUT2D eigenvalue weighted by Gasteiger charge is 2.47. The number of halogens is 1. The quantitative estimate of drug-likeness (QED) is 0.688. The number of carbonyl (C=O) groups excluding carboxylic acids is 3. The lowest BCUT2D eigenvalue weighted by atomic mass is 9.96. The van der Waals surface area contributed by atoms with E-state index in [9.17, 15) is 23.9 Å². The van der Waals surface area contributed by atoms with Gasteiger partial charge in [-0.05, 0) is 12.1 Å². The van der Waals surface area contributed by atoms with Crippen LogP contribution in [0, 0.1) is 11.7 Å². The monoisotopic (exact) mass is 320 g/mol. The van der Waals surface area contributed by atoms with Crippen LogP contribution >= 0.6 is 0 Å². The number of piperidine rings is 1. The molecule has 0 aromatic heterocycles. The van der Waals surface area contributed by atoms with Gasteiger partial charge in [0.15, 0.2) is 6.04 Å². The Kier molecular flexibility index (Phi) is 4.12. The molecule has 3 rings (SSSR count). The molecule has 1 aromatic rings. The number of imide groups is 1. The van der Waals surface area contributed by atoms with Gasteiger partial charge in [-0.1, -0.05) is 12.1 Å². The molecule has 2 amide bonds. The SMILES string of the molecule is O=C([O-])C1CC[NH+]([C@@H]2CC(=O)N(c3ccccc3F)C2=O)CC1. The number of aliphatic carboxylic acids is 1. The topological polar surface area (TPSA) is 81.9 Å². The number of hydrogen-bond donors (Lipinski definition) is 1. The fourth-order valence-electron chi connectivity index (χ4n) is 3.41. The number of nitrogens with zero attached hydrogens (tertiary/aromatic N) is 1. The zero-order chi connectivity index (χ0) is 16.6. The van der Waals surface area contributed by atoms with Gasteiger partial charge in [-0.2, -0.15) is 0 Å². The van der Waals surface area contributed by atoms with Crippen molar-refractivity contribution in [2.24, 2.45) is 5.92 Å². The Hall–Kier alpha value is -2.28. The molecule has 0 saturated carbocycles. The van der Waals surface area contributed by atoms with Crippen LogP contribution in [-0.2, 0) is 14.4 Å². The first-order valence-electron chi connectivity index (χ1n) is 7.66. The minimum Gasteiger partial charge on any atom is -0.550 e. The number of carbonyl (C=O) groups is 3. The number of carboxylic acid groups (broad SMARTS) is 1. The molecule has 0 unspecified atom stereocenters. The molecule has 0 radical (unpaired) electrons. The van der Waals surface area contributed by atoms with Crippen molar-refractivity contribution in [2.75, 3.05) is 18.0 Å². The van der Waals surface area contributed by atoms with Crippen LogP contribution in [-0.4, -0.2) is 36.9 Å². The highest BCUT2D eigenvalue weighted by Crippen LogP contribution is 2.25. The summed E-state index contributed by atoms with van der Waals surface area (Å²) in [6.45, 7) is 0.987. The van der Waals surface area contributed by atoms with Gasteiger partial charge in [-0.15, -0.1) is 0 Å². The second-order valence-electron chi connectivity index (χ2n) is 6.03. The lowest BCUT2D eigenvalue weighted by Crippen LogP contribution is -3.17. The van der Waals surface area contributed by atoms with E-state index < -0.39 is 35.6 Å². The van der Waals surface area contributed by atoms with Crippen molar-refractivity contribution in [1.82, 2.24) is 0 Å². The van der Waals surface area contributed by atoms with E-state index in [1.54, 1.807) is 6.07 Å². The molecule has 23 heavy (non-hydrogen) atoms. The summed E-state index contributed by atoms with van der Waals surface area (Å²) in [6, 6.07) is 5.12. The van der Waals surface area contributed by atoms with Crippen LogP contribution in [0.4, 0.5) is 10.1 Å². The van der Waals surface area contributed by atoms with Gasteiger partial charge in [-0.25, -0.2) is 9.29 Å². The molecule has 6 nitrogen and oxygen atoms in total. The normalized spacial score (nSPS) is 28.2. The molecule has 1 atom stereocenters. The van der Waals surface area contributed by atoms with Crippen molar-refractivity contribution < 1.29 is 28.8 Å². The number of quaternary nitrogens is 1. The van der Waals surface area contributed by atoms with E-state index in [1.807, 2.05) is 0 Å². The predicted molar refractivity (Wildman–Crippen MR) is 75.7 cm³/mol. The minimum atomic E-state index is -1.06. The van der Waals surface area contributed by atoms with E-state index in [2.05, 4.69) is 0 Å². The van der Waals surface area contributed by atoms with E-state index >= 15 is 0 Å². The first-order chi connectivity index (χ1) is 11.0. The van der Waals surface area contributed by atoms with Crippen LogP contribution in [0.5, 0.6) is 0 Å². The second kappa shape index (κ2) is 6.08. The number of rotatable bonds is 3. The summed E-state index contributed by atoms with van der Waals surface area (Å²) in [6.07, 6.45) is 0.878. The van der Waals surface area contributed by atoms with Crippen LogP contribution in [0.2, 0.25) is 0 Å². The molecule has 2 aliphatic heterocycles. The lowest BCUT2D eigenvalue weighted by Gasteiger charge is -2.32. The van der Waals surface area contributed by atoms with Crippen LogP contribution in [0.15, 0.2) is 24.3 Å². The van der Waals surface area contributed by atoms with E-state index in [0.717, 1.165) is 9.80 Å². The molecule has 2 heterocycles. The van der Waals surface area contributed by atoms with E-state index in [4.69, 9.17) is 0 Å². The Morgan fingerprint density at radius 3 is 2.48 bits per heavy atom. The maximum Gasteiger partial charge on any atom is 0.292 e. The summed E-state index contributed by atoms with van der Waals surface area (Å²) in [7, 11) is 0. The Labute approximate surface area is 132 Å². The standard InChI is InChI=1S/C16H17FN2O4/c17-11-3-1-2-4-12(11)19-14(20)9-13(15(19)21)18-7-5-10(6-8-18)16(22)23/h1-4,10,13H,5-9H2,(H,22,23)/t13-/m1/s1. The van der Waals surface area contributed by atoms with Crippen molar-refractivity contribution in [3.63, 3.8) is 0 Å². The molecular weight excluding hydrogens is 303 g/mol. The minimum absolute atomic E-state index is 0.0194. The van der Waals surface area contributed by atoms with Crippen LogP contribution < -0.4 is 14.9 Å². The average molecular weight is 320 g/mol. The summed E-state index contributed by atoms with van der Waals surface area (Å²) in [5, 5.41) is 10.9. The molecule has 1 aromatic carbocycles. The summed E-state index contributed by atoms with van der Waals surface area (Å²) in [5.41, 5.74) is -0.0194. The molecule has 2 aliphatic rings. The van der Waals surface area contributed by atoms with Gasteiger partial charge in [-0.3, -0.25) is 9.59 Å². The highest BCUT2D eigenvalue weighted by atomic mass is 19.1.